The molecule has 3 rings (SSSR count). The minimum absolute atomic E-state index is 0.740. The van der Waals surface area contributed by atoms with E-state index in [1.807, 2.05) is 62.2 Å². The maximum absolute atomic E-state index is 4.35. The Morgan fingerprint density at radius 1 is 1.27 bits per heavy atom. The average Bonchev–Trinajstić information content (AvgIpc) is 3.33. The van der Waals surface area contributed by atoms with Gasteiger partial charge in [-0.05, 0) is 40.7 Å². The number of hydrazone groups is 1. The molecule has 0 saturated carbocycles. The van der Waals surface area contributed by atoms with Gasteiger partial charge in [-0.25, -0.2) is 0 Å². The van der Waals surface area contributed by atoms with Crippen molar-refractivity contribution in [3.8, 4) is 0 Å². The van der Waals surface area contributed by atoms with Crippen LogP contribution in [0.1, 0.15) is 23.4 Å². The summed E-state index contributed by atoms with van der Waals surface area (Å²) in [5.41, 5.74) is 7.80. The van der Waals surface area contributed by atoms with Crippen LogP contribution < -0.4 is 10.7 Å². The third kappa shape index (κ3) is 5.61. The van der Waals surface area contributed by atoms with Crippen LogP contribution in [0.3, 0.4) is 0 Å². The summed E-state index contributed by atoms with van der Waals surface area (Å²) >= 11 is 1.63. The second-order valence-electron chi connectivity index (χ2n) is 6.82. The zero-order valence-electron chi connectivity index (χ0n) is 17.5. The number of hydrogen-bond acceptors (Lipinski definition) is 6. The van der Waals surface area contributed by atoms with Gasteiger partial charge in [0.25, 0.3) is 0 Å². The van der Waals surface area contributed by atoms with Gasteiger partial charge in [0.15, 0.2) is 5.16 Å². The standard InChI is InChI=1S/C23H26N6S/c1-16(24-4)9-10-19-7-6-8-21(13-19)17(2)26-25-15-20-11-12-22(14-20)30-23-28-27-18(3)29(23)5/h6-13,15,24,26H,1-2,14H2,3-5H3/b10-9+,25-15+. The van der Waals surface area contributed by atoms with Crippen molar-refractivity contribution in [1.82, 2.24) is 25.5 Å². The summed E-state index contributed by atoms with van der Waals surface area (Å²) < 4.78 is 1.99. The number of aromatic nitrogens is 3. The fourth-order valence-corrected chi connectivity index (χ4v) is 3.60. The highest BCUT2D eigenvalue weighted by Crippen LogP contribution is 2.32. The number of likely N-dealkylation sites (N-methyl/N-ethyl adjacent to an activating group) is 1. The van der Waals surface area contributed by atoms with E-state index in [9.17, 15) is 0 Å². The monoisotopic (exact) mass is 418 g/mol. The van der Waals surface area contributed by atoms with E-state index in [0.717, 1.165) is 45.5 Å². The third-order valence-electron chi connectivity index (χ3n) is 4.60. The molecule has 0 bridgehead atoms. The molecule has 2 N–H and O–H groups in total. The lowest BCUT2D eigenvalue weighted by Gasteiger charge is -2.06. The van der Waals surface area contributed by atoms with Crippen LogP contribution in [0, 0.1) is 6.92 Å². The van der Waals surface area contributed by atoms with Gasteiger partial charge in [0.05, 0.1) is 11.9 Å². The van der Waals surface area contributed by atoms with Crippen LogP contribution in [-0.2, 0) is 7.05 Å². The maximum Gasteiger partial charge on any atom is 0.195 e. The molecular formula is C23H26N6S. The quantitative estimate of drug-likeness (QED) is 0.358. The zero-order valence-corrected chi connectivity index (χ0v) is 18.3. The Balaban J connectivity index is 1.51. The van der Waals surface area contributed by atoms with E-state index < -0.39 is 0 Å². The summed E-state index contributed by atoms with van der Waals surface area (Å²) in [6.07, 6.45) is 10.8. The van der Waals surface area contributed by atoms with Crippen molar-refractivity contribution in [3.05, 3.63) is 88.8 Å². The van der Waals surface area contributed by atoms with E-state index in [1.165, 1.54) is 4.91 Å². The predicted molar refractivity (Wildman–Crippen MR) is 127 cm³/mol. The van der Waals surface area contributed by atoms with E-state index in [-0.39, 0.29) is 0 Å². The molecule has 154 valence electrons. The molecule has 1 aromatic heterocycles. The van der Waals surface area contributed by atoms with E-state index in [0.29, 0.717) is 0 Å². The smallest absolute Gasteiger partial charge is 0.195 e. The maximum atomic E-state index is 4.35. The fourth-order valence-electron chi connectivity index (χ4n) is 2.64. The van der Waals surface area contributed by atoms with Gasteiger partial charge in [-0.1, -0.05) is 61.3 Å². The first-order valence-corrected chi connectivity index (χ1v) is 10.3. The second-order valence-corrected chi connectivity index (χ2v) is 7.92. The van der Waals surface area contributed by atoms with Crippen LogP contribution in [0.4, 0.5) is 0 Å². The van der Waals surface area contributed by atoms with Crippen molar-refractivity contribution in [2.75, 3.05) is 7.05 Å². The van der Waals surface area contributed by atoms with Crippen molar-refractivity contribution in [2.45, 2.75) is 18.5 Å². The predicted octanol–water partition coefficient (Wildman–Crippen LogP) is 4.42. The van der Waals surface area contributed by atoms with Gasteiger partial charge in [0, 0.05) is 26.2 Å². The topological polar surface area (TPSA) is 67.1 Å². The molecule has 30 heavy (non-hydrogen) atoms. The molecule has 2 aromatic rings. The average molecular weight is 419 g/mol. The Kier molecular flexibility index (Phi) is 7.08. The molecule has 1 aliphatic carbocycles. The Morgan fingerprint density at radius 3 is 2.83 bits per heavy atom. The highest BCUT2D eigenvalue weighted by molar-refractivity contribution is 8.03. The Labute approximate surface area is 181 Å². The van der Waals surface area contributed by atoms with E-state index in [1.54, 1.807) is 11.8 Å². The lowest BCUT2D eigenvalue weighted by molar-refractivity contribution is 0.766. The van der Waals surface area contributed by atoms with Crippen LogP contribution in [0.15, 0.2) is 82.1 Å². The highest BCUT2D eigenvalue weighted by atomic mass is 32.2. The molecule has 0 atom stereocenters. The summed E-state index contributed by atoms with van der Waals surface area (Å²) in [4.78, 5) is 1.22. The summed E-state index contributed by atoms with van der Waals surface area (Å²) in [7, 11) is 3.82. The minimum atomic E-state index is 0.740. The van der Waals surface area contributed by atoms with Gasteiger partial charge in [-0.15, -0.1) is 10.2 Å². The number of rotatable bonds is 9. The fraction of sp³-hybridized carbons (Fsp3) is 0.174. The Bertz CT molecular complexity index is 1070. The molecule has 1 heterocycles. The van der Waals surface area contributed by atoms with Crippen LogP contribution in [-0.4, -0.2) is 28.0 Å². The SMILES string of the molecule is C=C(/C=C/c1cccc(C(=C)N/N=C/C2=CC=C(Sc3nnc(C)n3C)C2)c1)NC. The molecule has 7 heteroatoms. The van der Waals surface area contributed by atoms with Gasteiger partial charge in [-0.3, -0.25) is 5.43 Å². The van der Waals surface area contributed by atoms with E-state index >= 15 is 0 Å². The van der Waals surface area contributed by atoms with Crippen molar-refractivity contribution in [1.29, 1.82) is 0 Å². The molecular weight excluding hydrogens is 392 g/mol. The third-order valence-corrected chi connectivity index (χ3v) is 5.68. The first kappa shape index (κ1) is 21.4. The van der Waals surface area contributed by atoms with Crippen LogP contribution in [0.5, 0.6) is 0 Å². The van der Waals surface area contributed by atoms with Crippen LogP contribution >= 0.6 is 11.8 Å². The van der Waals surface area contributed by atoms with Crippen molar-refractivity contribution in [2.24, 2.45) is 12.1 Å². The number of thioether (sulfide) groups is 1. The highest BCUT2D eigenvalue weighted by Gasteiger charge is 2.13. The molecule has 0 saturated heterocycles. The first-order chi connectivity index (χ1) is 14.5. The van der Waals surface area contributed by atoms with E-state index in [4.69, 9.17) is 0 Å². The van der Waals surface area contributed by atoms with Crippen LogP contribution in [0.2, 0.25) is 0 Å². The summed E-state index contributed by atoms with van der Waals surface area (Å²) in [6, 6.07) is 8.09. The van der Waals surface area contributed by atoms with Crippen molar-refractivity contribution >= 4 is 29.7 Å². The van der Waals surface area contributed by atoms with Crippen LogP contribution in [0.25, 0.3) is 11.8 Å². The molecule has 1 aliphatic rings. The number of hydrogen-bond donors (Lipinski definition) is 2. The lowest BCUT2D eigenvalue weighted by Crippen LogP contribution is -2.04. The molecule has 0 spiro atoms. The Morgan fingerprint density at radius 2 is 2.10 bits per heavy atom. The Hall–Kier alpha value is -3.32. The van der Waals surface area contributed by atoms with Gasteiger partial charge in [0.2, 0.25) is 0 Å². The molecule has 0 fully saturated rings. The first-order valence-electron chi connectivity index (χ1n) is 9.53. The number of benzene rings is 1. The molecule has 1 aromatic carbocycles. The number of aryl methyl sites for hydroxylation is 1. The van der Waals surface area contributed by atoms with Gasteiger partial charge < -0.3 is 9.88 Å². The molecule has 0 amide bonds. The number of allylic oxidation sites excluding steroid dienone is 5. The van der Waals surface area contributed by atoms with Crippen molar-refractivity contribution in [3.63, 3.8) is 0 Å². The summed E-state index contributed by atoms with van der Waals surface area (Å²) in [5, 5.41) is 16.5. The molecule has 0 radical (unpaired) electrons. The number of nitrogens with one attached hydrogen (secondary N) is 2. The lowest BCUT2D eigenvalue weighted by atomic mass is 10.1. The molecule has 0 unspecified atom stereocenters. The minimum Gasteiger partial charge on any atom is -0.389 e. The zero-order chi connectivity index (χ0) is 21.5. The largest absolute Gasteiger partial charge is 0.389 e. The molecule has 6 nitrogen and oxygen atoms in total. The second kappa shape index (κ2) is 9.93. The van der Waals surface area contributed by atoms with E-state index in [2.05, 4.69) is 57.4 Å². The van der Waals surface area contributed by atoms with Gasteiger partial charge >= 0.3 is 0 Å². The van der Waals surface area contributed by atoms with Gasteiger partial charge in [0.1, 0.15) is 5.82 Å². The van der Waals surface area contributed by atoms with Crippen molar-refractivity contribution < 1.29 is 0 Å². The number of nitrogens with zero attached hydrogens (tertiary/aromatic N) is 4. The summed E-state index contributed by atoms with van der Waals surface area (Å²) in [5.74, 6) is 0.903. The molecule has 0 aliphatic heterocycles. The van der Waals surface area contributed by atoms with Gasteiger partial charge in [-0.2, -0.15) is 5.10 Å². The summed E-state index contributed by atoms with van der Waals surface area (Å²) in [6.45, 7) is 9.93. The normalized spacial score (nSPS) is 13.6.